The van der Waals surface area contributed by atoms with Gasteiger partial charge in [0.1, 0.15) is 0 Å². The predicted molar refractivity (Wildman–Crippen MR) is 130 cm³/mol. The van der Waals surface area contributed by atoms with E-state index in [4.69, 9.17) is 10.2 Å². The molecule has 0 spiro atoms. The zero-order valence-corrected chi connectivity index (χ0v) is 17.4. The molecule has 3 aromatic heterocycles. The first-order valence-electron chi connectivity index (χ1n) is 11.0. The molecule has 7 rings (SSSR count). The number of aromatic nitrogens is 4. The second-order valence-corrected chi connectivity index (χ2v) is 8.41. The summed E-state index contributed by atoms with van der Waals surface area (Å²) in [4.78, 5) is 0. The lowest BCUT2D eigenvalue weighted by Gasteiger charge is -2.19. The molecule has 0 N–H and O–H groups in total. The molecule has 0 amide bonds. The number of allylic oxidation sites excluding steroid dienone is 1. The Labute approximate surface area is 185 Å². The molecule has 3 aromatic carbocycles. The third kappa shape index (κ3) is 2.56. The number of rotatable bonds is 2. The van der Waals surface area contributed by atoms with Gasteiger partial charge < -0.3 is 0 Å². The summed E-state index contributed by atoms with van der Waals surface area (Å²) >= 11 is 0. The summed E-state index contributed by atoms with van der Waals surface area (Å²) < 4.78 is 4.19. The van der Waals surface area contributed by atoms with Gasteiger partial charge in [0.2, 0.25) is 0 Å². The molecular weight excluding hydrogens is 392 g/mol. The van der Waals surface area contributed by atoms with Crippen LogP contribution >= 0.6 is 0 Å². The molecule has 152 valence electrons. The average Bonchev–Trinajstić information content (AvgIpc) is 3.40. The van der Waals surface area contributed by atoms with Gasteiger partial charge in [-0.1, -0.05) is 78.9 Å². The highest BCUT2D eigenvalue weighted by Crippen LogP contribution is 2.38. The fraction of sp³-hybridized carbons (Fsp3) is 0.0714. The standard InChI is InChI=1S/C28H20N4/c1-2-8-19(9-3-1)28-27(26-16-20-10-4-5-11-21(20)17-32(26)30-28)22-14-15-25-23-12-6-7-13-24(23)29-31(25)18-22/h1-17,22H,18H2. The molecule has 4 heterocycles. The fourth-order valence-electron chi connectivity index (χ4n) is 4.97. The lowest BCUT2D eigenvalue weighted by atomic mass is 9.91. The van der Waals surface area contributed by atoms with Crippen LogP contribution < -0.4 is 0 Å². The van der Waals surface area contributed by atoms with Crippen molar-refractivity contribution in [3.63, 3.8) is 0 Å². The Bertz CT molecular complexity index is 1650. The van der Waals surface area contributed by atoms with Gasteiger partial charge in [-0.15, -0.1) is 0 Å². The quantitative estimate of drug-likeness (QED) is 0.334. The molecular formula is C28H20N4. The average molecular weight is 412 g/mol. The van der Waals surface area contributed by atoms with Crippen molar-refractivity contribution in [1.29, 1.82) is 0 Å². The maximum atomic E-state index is 5.06. The summed E-state index contributed by atoms with van der Waals surface area (Å²) in [6.07, 6.45) is 6.69. The van der Waals surface area contributed by atoms with Crippen molar-refractivity contribution in [2.24, 2.45) is 0 Å². The Balaban J connectivity index is 1.46. The fourth-order valence-corrected chi connectivity index (χ4v) is 4.97. The molecule has 6 aromatic rings. The van der Waals surface area contributed by atoms with Crippen molar-refractivity contribution in [2.45, 2.75) is 12.5 Å². The number of pyridine rings is 1. The molecule has 32 heavy (non-hydrogen) atoms. The first-order chi connectivity index (χ1) is 15.8. The van der Waals surface area contributed by atoms with Crippen molar-refractivity contribution in [1.82, 2.24) is 19.4 Å². The number of hydrogen-bond donors (Lipinski definition) is 0. The van der Waals surface area contributed by atoms with E-state index in [2.05, 4.69) is 102 Å². The summed E-state index contributed by atoms with van der Waals surface area (Å²) in [6.45, 7) is 0.800. The van der Waals surface area contributed by atoms with E-state index >= 15 is 0 Å². The van der Waals surface area contributed by atoms with Crippen molar-refractivity contribution in [3.8, 4) is 11.3 Å². The Hall–Kier alpha value is -4.18. The van der Waals surface area contributed by atoms with Gasteiger partial charge in [0.15, 0.2) is 0 Å². The highest BCUT2D eigenvalue weighted by Gasteiger charge is 2.26. The van der Waals surface area contributed by atoms with E-state index in [9.17, 15) is 0 Å². The summed E-state index contributed by atoms with van der Waals surface area (Å²) in [7, 11) is 0. The van der Waals surface area contributed by atoms with Gasteiger partial charge in [0, 0.05) is 34.0 Å². The van der Waals surface area contributed by atoms with E-state index in [1.807, 2.05) is 10.6 Å². The summed E-state index contributed by atoms with van der Waals surface area (Å²) in [6, 6.07) is 29.6. The van der Waals surface area contributed by atoms with E-state index < -0.39 is 0 Å². The molecule has 0 radical (unpaired) electrons. The van der Waals surface area contributed by atoms with Gasteiger partial charge in [0.25, 0.3) is 0 Å². The monoisotopic (exact) mass is 412 g/mol. The third-order valence-corrected chi connectivity index (χ3v) is 6.50. The van der Waals surface area contributed by atoms with E-state index in [0.29, 0.717) is 0 Å². The zero-order chi connectivity index (χ0) is 21.1. The van der Waals surface area contributed by atoms with Crippen LogP contribution in [0.2, 0.25) is 0 Å². The SMILES string of the molecule is C1=CC(c2c(-c3ccccc3)nn3cc4ccccc4cc23)Cn2nc3ccccc3c21. The second kappa shape index (κ2) is 6.66. The first kappa shape index (κ1) is 17.5. The van der Waals surface area contributed by atoms with Crippen LogP contribution in [0, 0.1) is 0 Å². The minimum absolute atomic E-state index is 0.186. The molecule has 0 bridgehead atoms. The first-order valence-corrected chi connectivity index (χ1v) is 11.0. The summed E-state index contributed by atoms with van der Waals surface area (Å²) in [5.74, 6) is 0.186. The van der Waals surface area contributed by atoms with Crippen molar-refractivity contribution in [2.75, 3.05) is 0 Å². The van der Waals surface area contributed by atoms with Crippen LogP contribution in [-0.2, 0) is 6.54 Å². The molecule has 4 nitrogen and oxygen atoms in total. The lowest BCUT2D eigenvalue weighted by Crippen LogP contribution is -2.14. The lowest BCUT2D eigenvalue weighted by molar-refractivity contribution is 0.567. The van der Waals surface area contributed by atoms with E-state index in [0.717, 1.165) is 28.8 Å². The third-order valence-electron chi connectivity index (χ3n) is 6.50. The Morgan fingerprint density at radius 3 is 2.47 bits per heavy atom. The molecule has 1 aliphatic heterocycles. The van der Waals surface area contributed by atoms with Gasteiger partial charge in [-0.3, -0.25) is 4.68 Å². The largest absolute Gasteiger partial charge is 0.263 e. The molecule has 0 saturated carbocycles. The van der Waals surface area contributed by atoms with E-state index in [1.165, 1.54) is 27.4 Å². The van der Waals surface area contributed by atoms with Crippen LogP contribution in [0.3, 0.4) is 0 Å². The van der Waals surface area contributed by atoms with Gasteiger partial charge in [0.05, 0.1) is 29.0 Å². The number of fused-ring (bicyclic) bond motifs is 5. The Morgan fingerprint density at radius 2 is 1.56 bits per heavy atom. The molecule has 1 atom stereocenters. The number of nitrogens with zero attached hydrogens (tertiary/aromatic N) is 4. The highest BCUT2D eigenvalue weighted by molar-refractivity contribution is 5.90. The van der Waals surface area contributed by atoms with Crippen LogP contribution in [0.4, 0.5) is 0 Å². The Kier molecular flexibility index (Phi) is 3.64. The number of benzene rings is 3. The van der Waals surface area contributed by atoms with Crippen molar-refractivity contribution in [3.05, 3.63) is 108 Å². The highest BCUT2D eigenvalue weighted by atomic mass is 15.3. The van der Waals surface area contributed by atoms with Gasteiger partial charge in [-0.05, 0) is 23.6 Å². The van der Waals surface area contributed by atoms with Crippen LogP contribution in [0.1, 0.15) is 17.2 Å². The van der Waals surface area contributed by atoms with Gasteiger partial charge in [-0.2, -0.15) is 10.2 Å². The summed E-state index contributed by atoms with van der Waals surface area (Å²) in [5, 5.41) is 13.6. The minimum atomic E-state index is 0.186. The summed E-state index contributed by atoms with van der Waals surface area (Å²) in [5.41, 5.74) is 6.80. The number of hydrogen-bond acceptors (Lipinski definition) is 2. The topological polar surface area (TPSA) is 35.1 Å². The molecule has 0 saturated heterocycles. The Morgan fingerprint density at radius 1 is 0.781 bits per heavy atom. The maximum absolute atomic E-state index is 5.06. The molecule has 0 aliphatic carbocycles. The van der Waals surface area contributed by atoms with Crippen LogP contribution in [0.15, 0.2) is 97.2 Å². The molecule has 4 heteroatoms. The molecule has 1 aliphatic rings. The normalized spacial score (nSPS) is 15.6. The van der Waals surface area contributed by atoms with Crippen LogP contribution in [0.25, 0.3) is 44.5 Å². The van der Waals surface area contributed by atoms with Crippen LogP contribution in [0.5, 0.6) is 0 Å². The van der Waals surface area contributed by atoms with E-state index in [1.54, 1.807) is 0 Å². The van der Waals surface area contributed by atoms with Crippen LogP contribution in [-0.4, -0.2) is 19.4 Å². The second-order valence-electron chi connectivity index (χ2n) is 8.41. The maximum Gasteiger partial charge on any atom is 0.0972 e. The molecule has 1 unspecified atom stereocenters. The van der Waals surface area contributed by atoms with Gasteiger partial charge in [-0.25, -0.2) is 4.52 Å². The molecule has 0 fully saturated rings. The smallest absolute Gasteiger partial charge is 0.0972 e. The minimum Gasteiger partial charge on any atom is -0.263 e. The van der Waals surface area contributed by atoms with Crippen molar-refractivity contribution >= 4 is 33.3 Å². The van der Waals surface area contributed by atoms with Gasteiger partial charge >= 0.3 is 0 Å². The predicted octanol–water partition coefficient (Wildman–Crippen LogP) is 6.31. The zero-order valence-electron chi connectivity index (χ0n) is 17.4. The van der Waals surface area contributed by atoms with E-state index in [-0.39, 0.29) is 5.92 Å². The van der Waals surface area contributed by atoms with Crippen molar-refractivity contribution < 1.29 is 0 Å².